The van der Waals surface area contributed by atoms with Gasteiger partial charge in [0.15, 0.2) is 6.10 Å². The van der Waals surface area contributed by atoms with Crippen molar-refractivity contribution in [3.05, 3.63) is 22.3 Å². The molecule has 1 saturated heterocycles. The molecule has 1 atom stereocenters. The molecule has 1 unspecified atom stereocenters. The number of carbonyl (C=O) groups is 1. The predicted octanol–water partition coefficient (Wildman–Crippen LogP) is 2.06. The van der Waals surface area contributed by atoms with Gasteiger partial charge in [0.1, 0.15) is 11.6 Å². The Hall–Kier alpha value is -1.04. The maximum Gasteiger partial charge on any atom is 0.252 e. The van der Waals surface area contributed by atoms with E-state index in [0.29, 0.717) is 16.7 Å². The summed E-state index contributed by atoms with van der Waals surface area (Å²) < 4.78 is 10.4. The van der Waals surface area contributed by atoms with E-state index in [1.807, 2.05) is 13.8 Å². The number of carbonyl (C=O) groups excluding carboxylic acids is 1. The molecule has 2 heterocycles. The fourth-order valence-corrected chi connectivity index (χ4v) is 1.84. The lowest BCUT2D eigenvalue weighted by atomic mass is 10.1. The minimum Gasteiger partial charge on any atom is -0.474 e. The Morgan fingerprint density at radius 1 is 1.63 bits per heavy atom. The number of hydrogen-bond donors (Lipinski definition) is 1. The summed E-state index contributed by atoms with van der Waals surface area (Å²) in [5.41, 5.74) is -0.548. The molecule has 1 aromatic rings. The SMILES string of the molecule is CC(C)(COc1ncc(Cl)cc1Cl)NC(=O)C1CO1. The normalized spacial score (nSPS) is 18.0. The van der Waals surface area contributed by atoms with Crippen molar-refractivity contribution in [2.24, 2.45) is 0 Å². The third-order valence-corrected chi connectivity index (χ3v) is 2.91. The largest absolute Gasteiger partial charge is 0.474 e. The summed E-state index contributed by atoms with van der Waals surface area (Å²) in [5, 5.41) is 3.61. The summed E-state index contributed by atoms with van der Waals surface area (Å²) in [7, 11) is 0. The Morgan fingerprint density at radius 3 is 2.89 bits per heavy atom. The van der Waals surface area contributed by atoms with E-state index in [9.17, 15) is 4.79 Å². The van der Waals surface area contributed by atoms with Gasteiger partial charge in [-0.05, 0) is 19.9 Å². The molecule has 0 bridgehead atoms. The number of rotatable bonds is 5. The Balaban J connectivity index is 1.90. The zero-order valence-corrected chi connectivity index (χ0v) is 12.1. The van der Waals surface area contributed by atoms with E-state index in [4.69, 9.17) is 32.7 Å². The zero-order valence-electron chi connectivity index (χ0n) is 10.6. The van der Waals surface area contributed by atoms with Gasteiger partial charge in [-0.1, -0.05) is 23.2 Å². The summed E-state index contributed by atoms with van der Waals surface area (Å²) >= 11 is 11.7. The number of halogens is 2. The third-order valence-electron chi connectivity index (χ3n) is 2.43. The van der Waals surface area contributed by atoms with Crippen molar-refractivity contribution >= 4 is 29.1 Å². The standard InChI is InChI=1S/C12H14Cl2N2O3/c1-12(2,16-10(17)9-5-18-9)6-19-11-8(14)3-7(13)4-15-11/h3-4,9H,5-6H2,1-2H3,(H,16,17). The molecular weight excluding hydrogens is 291 g/mol. The first kappa shape index (κ1) is 14.4. The van der Waals surface area contributed by atoms with Crippen LogP contribution >= 0.6 is 23.2 Å². The van der Waals surface area contributed by atoms with Gasteiger partial charge in [-0.15, -0.1) is 0 Å². The van der Waals surface area contributed by atoms with Crippen molar-refractivity contribution in [1.29, 1.82) is 0 Å². The Morgan fingerprint density at radius 2 is 2.32 bits per heavy atom. The Kier molecular flexibility index (Phi) is 4.18. The van der Waals surface area contributed by atoms with Gasteiger partial charge in [-0.3, -0.25) is 4.79 Å². The van der Waals surface area contributed by atoms with Crippen LogP contribution in [0.15, 0.2) is 12.3 Å². The number of pyridine rings is 1. The summed E-state index contributed by atoms with van der Waals surface area (Å²) in [6.45, 7) is 4.40. The molecular formula is C12H14Cl2N2O3. The molecule has 0 spiro atoms. The van der Waals surface area contributed by atoms with Crippen molar-refractivity contribution in [2.45, 2.75) is 25.5 Å². The topological polar surface area (TPSA) is 63.8 Å². The molecule has 0 radical (unpaired) electrons. The summed E-state index contributed by atoms with van der Waals surface area (Å²) in [6, 6.07) is 1.55. The molecule has 19 heavy (non-hydrogen) atoms. The van der Waals surface area contributed by atoms with Crippen molar-refractivity contribution in [2.75, 3.05) is 13.2 Å². The first-order valence-electron chi connectivity index (χ1n) is 5.75. The average molecular weight is 305 g/mol. The highest BCUT2D eigenvalue weighted by Crippen LogP contribution is 2.25. The second-order valence-electron chi connectivity index (χ2n) is 4.92. The van der Waals surface area contributed by atoms with E-state index < -0.39 is 5.54 Å². The van der Waals surface area contributed by atoms with Gasteiger partial charge in [-0.2, -0.15) is 0 Å². The third kappa shape index (κ3) is 4.23. The maximum atomic E-state index is 11.6. The van der Waals surface area contributed by atoms with Crippen molar-refractivity contribution in [1.82, 2.24) is 10.3 Å². The summed E-state index contributed by atoms with van der Waals surface area (Å²) in [4.78, 5) is 15.6. The smallest absolute Gasteiger partial charge is 0.252 e. The number of nitrogens with zero attached hydrogens (tertiary/aromatic N) is 1. The number of amides is 1. The molecule has 0 aromatic carbocycles. The quantitative estimate of drug-likeness (QED) is 0.846. The molecule has 0 aliphatic carbocycles. The first-order chi connectivity index (χ1) is 8.87. The molecule has 104 valence electrons. The minimum absolute atomic E-state index is 0.135. The second kappa shape index (κ2) is 5.53. The van der Waals surface area contributed by atoms with Gasteiger partial charge >= 0.3 is 0 Å². The van der Waals surface area contributed by atoms with Crippen LogP contribution in [0.3, 0.4) is 0 Å². The van der Waals surface area contributed by atoms with Crippen molar-refractivity contribution in [3.8, 4) is 5.88 Å². The van der Waals surface area contributed by atoms with Crippen LogP contribution in [-0.4, -0.2) is 35.7 Å². The minimum atomic E-state index is -0.548. The van der Waals surface area contributed by atoms with Crippen LogP contribution in [0.25, 0.3) is 0 Å². The molecule has 1 aromatic heterocycles. The number of epoxide rings is 1. The molecule has 2 rings (SSSR count). The molecule has 5 nitrogen and oxygen atoms in total. The van der Waals surface area contributed by atoms with E-state index in [-0.39, 0.29) is 24.5 Å². The molecule has 1 aliphatic heterocycles. The fourth-order valence-electron chi connectivity index (χ4n) is 1.41. The zero-order chi connectivity index (χ0) is 14.0. The number of hydrogen-bond acceptors (Lipinski definition) is 4. The van der Waals surface area contributed by atoms with Gasteiger partial charge in [0.2, 0.25) is 5.88 Å². The van der Waals surface area contributed by atoms with E-state index >= 15 is 0 Å². The Labute approximate surface area is 121 Å². The monoisotopic (exact) mass is 304 g/mol. The van der Waals surface area contributed by atoms with Gasteiger partial charge in [-0.25, -0.2) is 4.98 Å². The average Bonchev–Trinajstić information content (AvgIpc) is 3.10. The van der Waals surface area contributed by atoms with Gasteiger partial charge in [0.05, 0.1) is 17.2 Å². The van der Waals surface area contributed by atoms with Crippen molar-refractivity contribution in [3.63, 3.8) is 0 Å². The predicted molar refractivity (Wildman–Crippen MR) is 71.7 cm³/mol. The summed E-state index contributed by atoms with van der Waals surface area (Å²) in [6.07, 6.45) is 1.13. The Bertz CT molecular complexity index is 490. The van der Waals surface area contributed by atoms with Crippen LogP contribution in [0.2, 0.25) is 10.0 Å². The van der Waals surface area contributed by atoms with Crippen LogP contribution in [0, 0.1) is 0 Å². The molecule has 0 saturated carbocycles. The van der Waals surface area contributed by atoms with E-state index in [1.165, 1.54) is 6.20 Å². The lowest BCUT2D eigenvalue weighted by molar-refractivity contribution is -0.124. The lowest BCUT2D eigenvalue weighted by Gasteiger charge is -2.25. The van der Waals surface area contributed by atoms with E-state index in [1.54, 1.807) is 6.07 Å². The van der Waals surface area contributed by atoms with Crippen LogP contribution < -0.4 is 10.1 Å². The molecule has 1 amide bonds. The second-order valence-corrected chi connectivity index (χ2v) is 5.77. The molecule has 1 aliphatic rings. The van der Waals surface area contributed by atoms with Crippen LogP contribution in [-0.2, 0) is 9.53 Å². The van der Waals surface area contributed by atoms with Crippen LogP contribution in [0.4, 0.5) is 0 Å². The molecule has 1 N–H and O–H groups in total. The highest BCUT2D eigenvalue weighted by Gasteiger charge is 2.34. The van der Waals surface area contributed by atoms with Gasteiger partial charge in [0.25, 0.3) is 5.91 Å². The number of nitrogens with one attached hydrogen (secondary N) is 1. The molecule has 1 fully saturated rings. The van der Waals surface area contributed by atoms with Gasteiger partial charge < -0.3 is 14.8 Å². The summed E-state index contributed by atoms with van der Waals surface area (Å²) in [5.74, 6) is 0.153. The molecule has 7 heteroatoms. The first-order valence-corrected chi connectivity index (χ1v) is 6.50. The number of ether oxygens (including phenoxy) is 2. The van der Waals surface area contributed by atoms with Crippen LogP contribution in [0.1, 0.15) is 13.8 Å². The van der Waals surface area contributed by atoms with Crippen LogP contribution in [0.5, 0.6) is 5.88 Å². The fraction of sp³-hybridized carbons (Fsp3) is 0.500. The maximum absolute atomic E-state index is 11.6. The van der Waals surface area contributed by atoms with Gasteiger partial charge in [0, 0.05) is 6.20 Å². The highest BCUT2D eigenvalue weighted by atomic mass is 35.5. The van der Waals surface area contributed by atoms with E-state index in [0.717, 1.165) is 0 Å². The van der Waals surface area contributed by atoms with Crippen molar-refractivity contribution < 1.29 is 14.3 Å². The van der Waals surface area contributed by atoms with E-state index in [2.05, 4.69) is 10.3 Å². The number of aromatic nitrogens is 1. The lowest BCUT2D eigenvalue weighted by Crippen LogP contribution is -2.49. The highest BCUT2D eigenvalue weighted by molar-refractivity contribution is 6.35.